The first-order valence-corrected chi connectivity index (χ1v) is 6.36. The van der Waals surface area contributed by atoms with Gasteiger partial charge in [0.1, 0.15) is 5.75 Å². The third-order valence-corrected chi connectivity index (χ3v) is 2.87. The molecule has 0 bridgehead atoms. The van der Waals surface area contributed by atoms with Crippen molar-refractivity contribution in [1.29, 1.82) is 0 Å². The first-order chi connectivity index (χ1) is 9.08. The highest BCUT2D eigenvalue weighted by atomic mass is 16.5. The summed E-state index contributed by atoms with van der Waals surface area (Å²) in [6, 6.07) is 6.12. The zero-order valence-corrected chi connectivity index (χ0v) is 11.8. The largest absolute Gasteiger partial charge is 0.483 e. The average molecular weight is 262 g/mol. The van der Waals surface area contributed by atoms with E-state index in [4.69, 9.17) is 4.74 Å². The Hall–Kier alpha value is -1.81. The van der Waals surface area contributed by atoms with E-state index in [0.29, 0.717) is 6.54 Å². The molecular formula is C15H22N2O2. The molecule has 19 heavy (non-hydrogen) atoms. The fourth-order valence-corrected chi connectivity index (χ4v) is 1.67. The maximum Gasteiger partial charge on any atom is 0.258 e. The van der Waals surface area contributed by atoms with E-state index in [1.165, 1.54) is 5.56 Å². The number of benzene rings is 1. The van der Waals surface area contributed by atoms with E-state index >= 15 is 0 Å². The Morgan fingerprint density at radius 3 is 2.89 bits per heavy atom. The molecule has 1 unspecified atom stereocenters. The van der Waals surface area contributed by atoms with Gasteiger partial charge in [-0.1, -0.05) is 23.8 Å². The van der Waals surface area contributed by atoms with Crippen LogP contribution >= 0.6 is 0 Å². The third kappa shape index (κ3) is 4.75. The van der Waals surface area contributed by atoms with Gasteiger partial charge in [0.15, 0.2) is 6.61 Å². The van der Waals surface area contributed by atoms with E-state index in [0.717, 1.165) is 11.3 Å². The summed E-state index contributed by atoms with van der Waals surface area (Å²) in [5, 5.41) is 5.86. The van der Waals surface area contributed by atoms with Crippen molar-refractivity contribution < 1.29 is 9.53 Å². The maximum atomic E-state index is 11.5. The summed E-state index contributed by atoms with van der Waals surface area (Å²) in [6.45, 7) is 8.10. The van der Waals surface area contributed by atoms with Crippen LogP contribution in [-0.4, -0.2) is 26.1 Å². The van der Waals surface area contributed by atoms with E-state index in [2.05, 4.69) is 30.2 Å². The van der Waals surface area contributed by atoms with Crippen molar-refractivity contribution in [1.82, 2.24) is 10.6 Å². The number of carbonyl (C=O) groups is 1. The van der Waals surface area contributed by atoms with E-state index in [9.17, 15) is 4.79 Å². The Morgan fingerprint density at radius 2 is 2.26 bits per heavy atom. The first kappa shape index (κ1) is 15.2. The molecule has 4 nitrogen and oxygen atoms in total. The van der Waals surface area contributed by atoms with E-state index in [1.54, 1.807) is 6.08 Å². The summed E-state index contributed by atoms with van der Waals surface area (Å²) in [4.78, 5) is 11.5. The van der Waals surface area contributed by atoms with Gasteiger partial charge in [0, 0.05) is 18.2 Å². The predicted molar refractivity (Wildman–Crippen MR) is 77.4 cm³/mol. The molecule has 0 spiro atoms. The van der Waals surface area contributed by atoms with Crippen molar-refractivity contribution in [2.24, 2.45) is 0 Å². The Balaban J connectivity index is 2.72. The summed E-state index contributed by atoms with van der Waals surface area (Å²) >= 11 is 0. The van der Waals surface area contributed by atoms with E-state index in [-0.39, 0.29) is 18.6 Å². The highest BCUT2D eigenvalue weighted by molar-refractivity contribution is 5.77. The van der Waals surface area contributed by atoms with Crippen LogP contribution in [0.1, 0.15) is 24.1 Å². The summed E-state index contributed by atoms with van der Waals surface area (Å²) in [5.41, 5.74) is 2.22. The van der Waals surface area contributed by atoms with Crippen molar-refractivity contribution in [3.8, 4) is 5.75 Å². The molecule has 0 saturated heterocycles. The van der Waals surface area contributed by atoms with E-state index < -0.39 is 0 Å². The predicted octanol–water partition coefficient (Wildman–Crippen LogP) is 1.96. The fraction of sp³-hybridized carbons (Fsp3) is 0.400. The van der Waals surface area contributed by atoms with Crippen LogP contribution in [0.3, 0.4) is 0 Å². The monoisotopic (exact) mass is 262 g/mol. The molecule has 0 aromatic heterocycles. The van der Waals surface area contributed by atoms with Crippen LogP contribution in [0, 0.1) is 6.92 Å². The summed E-state index contributed by atoms with van der Waals surface area (Å²) < 4.78 is 5.59. The normalized spacial score (nSPS) is 11.7. The molecule has 0 aliphatic rings. The number of ether oxygens (including phenoxy) is 1. The molecule has 1 atom stereocenters. The molecule has 0 heterocycles. The van der Waals surface area contributed by atoms with Crippen LogP contribution in [0.2, 0.25) is 0 Å². The number of hydrogen-bond donors (Lipinski definition) is 2. The molecule has 0 saturated carbocycles. The minimum atomic E-state index is -0.150. The fourth-order valence-electron chi connectivity index (χ4n) is 1.67. The van der Waals surface area contributed by atoms with Gasteiger partial charge in [-0.05, 0) is 27.0 Å². The lowest BCUT2D eigenvalue weighted by molar-refractivity contribution is -0.122. The van der Waals surface area contributed by atoms with Gasteiger partial charge in [0.25, 0.3) is 5.91 Å². The molecular weight excluding hydrogens is 240 g/mol. The molecule has 0 aliphatic heterocycles. The quantitative estimate of drug-likeness (QED) is 0.739. The van der Waals surface area contributed by atoms with Crippen molar-refractivity contribution >= 4 is 5.91 Å². The lowest BCUT2D eigenvalue weighted by Crippen LogP contribution is -2.29. The highest BCUT2D eigenvalue weighted by Gasteiger charge is 2.11. The maximum absolute atomic E-state index is 11.5. The van der Waals surface area contributed by atoms with Crippen LogP contribution in [0.5, 0.6) is 5.75 Å². The second-order valence-electron chi connectivity index (χ2n) is 4.43. The minimum absolute atomic E-state index is 0.0142. The number of amides is 1. The molecule has 104 valence electrons. The lowest BCUT2D eigenvalue weighted by atomic mass is 10.0. The molecule has 0 radical (unpaired) electrons. The van der Waals surface area contributed by atoms with Crippen molar-refractivity contribution in [2.75, 3.05) is 20.2 Å². The Bertz CT molecular complexity index is 444. The van der Waals surface area contributed by atoms with Crippen LogP contribution in [-0.2, 0) is 4.79 Å². The standard InChI is InChI=1S/C15H22N2O2/c1-5-8-17-15(18)10-19-14-7-6-11(2)9-13(14)12(3)16-4/h5-7,9,12,16H,1,8,10H2,2-4H3,(H,17,18). The second-order valence-corrected chi connectivity index (χ2v) is 4.43. The van der Waals surface area contributed by atoms with Gasteiger partial charge in [-0.3, -0.25) is 4.79 Å². The number of aryl methyl sites for hydroxylation is 1. The number of carbonyl (C=O) groups excluding carboxylic acids is 1. The van der Waals surface area contributed by atoms with Crippen molar-refractivity contribution in [3.05, 3.63) is 42.0 Å². The van der Waals surface area contributed by atoms with Gasteiger partial charge >= 0.3 is 0 Å². The Labute approximate surface area is 114 Å². The van der Waals surface area contributed by atoms with Gasteiger partial charge < -0.3 is 15.4 Å². The van der Waals surface area contributed by atoms with Crippen LogP contribution < -0.4 is 15.4 Å². The summed E-state index contributed by atoms with van der Waals surface area (Å²) in [6.07, 6.45) is 1.64. The third-order valence-electron chi connectivity index (χ3n) is 2.87. The molecule has 0 fully saturated rings. The number of rotatable bonds is 7. The van der Waals surface area contributed by atoms with Gasteiger partial charge in [-0.2, -0.15) is 0 Å². The number of hydrogen-bond acceptors (Lipinski definition) is 3. The molecule has 1 aromatic carbocycles. The van der Waals surface area contributed by atoms with Gasteiger partial charge in [-0.15, -0.1) is 6.58 Å². The van der Waals surface area contributed by atoms with Crippen LogP contribution in [0.4, 0.5) is 0 Å². The molecule has 1 amide bonds. The smallest absolute Gasteiger partial charge is 0.258 e. The lowest BCUT2D eigenvalue weighted by Gasteiger charge is -2.17. The zero-order chi connectivity index (χ0) is 14.3. The molecule has 0 aliphatic carbocycles. The topological polar surface area (TPSA) is 50.4 Å². The molecule has 1 rings (SSSR count). The Kier molecular flexibility index (Phi) is 6.09. The SMILES string of the molecule is C=CCNC(=O)COc1ccc(C)cc1C(C)NC. The number of nitrogens with one attached hydrogen (secondary N) is 2. The van der Waals surface area contributed by atoms with Crippen LogP contribution in [0.25, 0.3) is 0 Å². The highest BCUT2D eigenvalue weighted by Crippen LogP contribution is 2.26. The van der Waals surface area contributed by atoms with Gasteiger partial charge in [0.05, 0.1) is 0 Å². The van der Waals surface area contributed by atoms with Gasteiger partial charge in [0.2, 0.25) is 0 Å². The van der Waals surface area contributed by atoms with Crippen molar-refractivity contribution in [2.45, 2.75) is 19.9 Å². The van der Waals surface area contributed by atoms with Crippen molar-refractivity contribution in [3.63, 3.8) is 0 Å². The molecule has 2 N–H and O–H groups in total. The molecule has 1 aromatic rings. The second kappa shape index (κ2) is 7.59. The minimum Gasteiger partial charge on any atom is -0.483 e. The molecule has 4 heteroatoms. The summed E-state index contributed by atoms with van der Waals surface area (Å²) in [7, 11) is 1.90. The van der Waals surface area contributed by atoms with Crippen LogP contribution in [0.15, 0.2) is 30.9 Å². The zero-order valence-electron chi connectivity index (χ0n) is 11.8. The first-order valence-electron chi connectivity index (χ1n) is 6.36. The van der Waals surface area contributed by atoms with E-state index in [1.807, 2.05) is 26.1 Å². The average Bonchev–Trinajstić information content (AvgIpc) is 2.42. The summed E-state index contributed by atoms with van der Waals surface area (Å²) in [5.74, 6) is 0.588. The van der Waals surface area contributed by atoms with Gasteiger partial charge in [-0.25, -0.2) is 0 Å². The Morgan fingerprint density at radius 1 is 1.53 bits per heavy atom.